The van der Waals surface area contributed by atoms with Gasteiger partial charge < -0.3 is 10.1 Å². The Morgan fingerprint density at radius 2 is 1.75 bits per heavy atom. The van der Waals surface area contributed by atoms with Gasteiger partial charge in [-0.2, -0.15) is 0 Å². The van der Waals surface area contributed by atoms with Crippen molar-refractivity contribution in [1.82, 2.24) is 4.57 Å². The van der Waals surface area contributed by atoms with E-state index in [-0.39, 0.29) is 21.5 Å². The fraction of sp³-hybridized carbons (Fsp3) is 0.200. The molecule has 0 aliphatic carbocycles. The molecular formula is C25H24FN3O5S2. The lowest BCUT2D eigenvalue weighted by molar-refractivity contribution is -0.114. The number of amides is 1. The number of anilines is 2. The van der Waals surface area contributed by atoms with Crippen LogP contribution in [0.25, 0.3) is 10.2 Å². The third-order valence-corrected chi connectivity index (χ3v) is 8.17. The van der Waals surface area contributed by atoms with Crippen LogP contribution in [0.1, 0.15) is 19.9 Å². The number of halogens is 1. The monoisotopic (exact) mass is 529 g/mol. The van der Waals surface area contributed by atoms with Crippen LogP contribution in [0, 0.1) is 5.82 Å². The van der Waals surface area contributed by atoms with Crippen molar-refractivity contribution in [3.63, 3.8) is 0 Å². The minimum absolute atomic E-state index is 0.0147. The van der Waals surface area contributed by atoms with E-state index in [0.717, 1.165) is 33.3 Å². The first kappa shape index (κ1) is 25.4. The summed E-state index contributed by atoms with van der Waals surface area (Å²) in [5, 5.41) is 2.70. The quantitative estimate of drug-likeness (QED) is 0.359. The fourth-order valence-electron chi connectivity index (χ4n) is 3.73. The zero-order valence-corrected chi connectivity index (χ0v) is 21.4. The molecule has 1 aromatic heterocycles. The van der Waals surface area contributed by atoms with Crippen LogP contribution in [0.3, 0.4) is 0 Å². The SMILES string of the molecule is COc1ccc(S(=O)(=O)N(CC(=O)Nc2ccc3c(c2)sc(=O)n3C(C)C)c2ccc(F)cc2)cc1. The lowest BCUT2D eigenvalue weighted by Crippen LogP contribution is -2.38. The second-order valence-corrected chi connectivity index (χ2v) is 11.1. The zero-order valence-electron chi connectivity index (χ0n) is 19.8. The highest BCUT2D eigenvalue weighted by Gasteiger charge is 2.27. The van der Waals surface area contributed by atoms with E-state index in [1.807, 2.05) is 13.8 Å². The van der Waals surface area contributed by atoms with E-state index < -0.39 is 28.3 Å². The fourth-order valence-corrected chi connectivity index (χ4v) is 6.20. The van der Waals surface area contributed by atoms with Gasteiger partial charge in [0.1, 0.15) is 18.1 Å². The average Bonchev–Trinajstić information content (AvgIpc) is 3.18. The zero-order chi connectivity index (χ0) is 26.0. The number of benzene rings is 3. The number of hydrogen-bond donors (Lipinski definition) is 1. The maximum Gasteiger partial charge on any atom is 0.308 e. The number of carbonyl (C=O) groups is 1. The van der Waals surface area contributed by atoms with E-state index in [4.69, 9.17) is 4.74 Å². The maximum absolute atomic E-state index is 13.5. The van der Waals surface area contributed by atoms with Crippen molar-refractivity contribution in [3.8, 4) is 5.75 Å². The number of nitrogens with one attached hydrogen (secondary N) is 1. The first-order valence-electron chi connectivity index (χ1n) is 11.0. The number of thiazole rings is 1. The molecule has 188 valence electrons. The molecule has 0 aliphatic heterocycles. The van der Waals surface area contributed by atoms with Gasteiger partial charge in [-0.05, 0) is 80.6 Å². The summed E-state index contributed by atoms with van der Waals surface area (Å²) in [5.74, 6) is -0.666. The number of methoxy groups -OCH3 is 1. The van der Waals surface area contributed by atoms with Crippen molar-refractivity contribution in [2.75, 3.05) is 23.3 Å². The minimum atomic E-state index is -4.17. The summed E-state index contributed by atoms with van der Waals surface area (Å²) >= 11 is 1.07. The summed E-state index contributed by atoms with van der Waals surface area (Å²) in [7, 11) is -2.71. The van der Waals surface area contributed by atoms with E-state index in [1.165, 1.54) is 43.5 Å². The van der Waals surface area contributed by atoms with Gasteiger partial charge >= 0.3 is 4.87 Å². The molecule has 1 N–H and O–H groups in total. The van der Waals surface area contributed by atoms with Crippen LogP contribution in [-0.4, -0.2) is 32.5 Å². The second kappa shape index (κ2) is 10.1. The third-order valence-electron chi connectivity index (χ3n) is 5.46. The number of carbonyl (C=O) groups excluding carboxylic acids is 1. The Labute approximate surface area is 211 Å². The normalized spacial score (nSPS) is 11.6. The largest absolute Gasteiger partial charge is 0.497 e. The van der Waals surface area contributed by atoms with Crippen LogP contribution in [-0.2, 0) is 14.8 Å². The Bertz CT molecular complexity index is 1560. The van der Waals surface area contributed by atoms with Crippen molar-refractivity contribution in [1.29, 1.82) is 0 Å². The lowest BCUT2D eigenvalue weighted by Gasteiger charge is -2.24. The highest BCUT2D eigenvalue weighted by atomic mass is 32.2. The lowest BCUT2D eigenvalue weighted by atomic mass is 10.2. The van der Waals surface area contributed by atoms with Crippen molar-refractivity contribution in [2.45, 2.75) is 24.8 Å². The first-order valence-corrected chi connectivity index (χ1v) is 13.2. The number of nitrogens with zero attached hydrogens (tertiary/aromatic N) is 2. The third kappa shape index (κ3) is 5.12. The molecule has 0 unspecified atom stereocenters. The van der Waals surface area contributed by atoms with Crippen LogP contribution >= 0.6 is 11.3 Å². The molecule has 0 spiro atoms. The maximum atomic E-state index is 13.5. The van der Waals surface area contributed by atoms with Crippen molar-refractivity contribution in [2.24, 2.45) is 0 Å². The van der Waals surface area contributed by atoms with Crippen LogP contribution in [0.4, 0.5) is 15.8 Å². The molecule has 4 aromatic rings. The number of fused-ring (bicyclic) bond motifs is 1. The van der Waals surface area contributed by atoms with E-state index >= 15 is 0 Å². The Balaban J connectivity index is 1.64. The molecule has 0 aliphatic rings. The molecule has 1 amide bonds. The molecule has 0 radical (unpaired) electrons. The van der Waals surface area contributed by atoms with Gasteiger partial charge in [0.2, 0.25) is 5.91 Å². The number of ether oxygens (including phenoxy) is 1. The van der Waals surface area contributed by atoms with Crippen molar-refractivity contribution >= 4 is 48.9 Å². The number of hydrogen-bond acceptors (Lipinski definition) is 6. The Kier molecular flexibility index (Phi) is 7.14. The summed E-state index contributed by atoms with van der Waals surface area (Å²) in [4.78, 5) is 25.1. The Morgan fingerprint density at radius 1 is 1.08 bits per heavy atom. The van der Waals surface area contributed by atoms with Gasteiger partial charge in [0, 0.05) is 11.7 Å². The molecule has 36 heavy (non-hydrogen) atoms. The van der Waals surface area contributed by atoms with E-state index in [2.05, 4.69) is 5.32 Å². The second-order valence-electron chi connectivity index (χ2n) is 8.23. The van der Waals surface area contributed by atoms with Gasteiger partial charge in [0.05, 0.1) is 27.9 Å². The van der Waals surface area contributed by atoms with Gasteiger partial charge in [-0.3, -0.25) is 18.5 Å². The molecule has 0 bridgehead atoms. The van der Waals surface area contributed by atoms with Crippen molar-refractivity contribution < 1.29 is 22.3 Å². The van der Waals surface area contributed by atoms with Gasteiger partial charge in [-0.25, -0.2) is 12.8 Å². The summed E-state index contributed by atoms with van der Waals surface area (Å²) < 4.78 is 48.8. The highest BCUT2D eigenvalue weighted by Crippen LogP contribution is 2.27. The van der Waals surface area contributed by atoms with Crippen LogP contribution < -0.4 is 19.2 Å². The molecule has 0 saturated carbocycles. The summed E-state index contributed by atoms with van der Waals surface area (Å²) in [6.45, 7) is 3.27. The number of rotatable bonds is 8. The Morgan fingerprint density at radius 3 is 2.36 bits per heavy atom. The van der Waals surface area contributed by atoms with Crippen molar-refractivity contribution in [3.05, 3.63) is 82.2 Å². The summed E-state index contributed by atoms with van der Waals surface area (Å²) in [6.07, 6.45) is 0. The van der Waals surface area contributed by atoms with Gasteiger partial charge in [0.15, 0.2) is 0 Å². The van der Waals surface area contributed by atoms with Crippen LogP contribution in [0.2, 0.25) is 0 Å². The molecule has 11 heteroatoms. The molecule has 0 atom stereocenters. The molecular weight excluding hydrogens is 505 g/mol. The number of sulfonamides is 1. The predicted molar refractivity (Wildman–Crippen MR) is 139 cm³/mol. The molecule has 0 saturated heterocycles. The molecule has 4 rings (SSSR count). The summed E-state index contributed by atoms with van der Waals surface area (Å²) in [6, 6.07) is 15.6. The van der Waals surface area contributed by atoms with Gasteiger partial charge in [-0.1, -0.05) is 11.3 Å². The van der Waals surface area contributed by atoms with Crippen LogP contribution in [0.5, 0.6) is 5.75 Å². The smallest absolute Gasteiger partial charge is 0.308 e. The minimum Gasteiger partial charge on any atom is -0.497 e. The van der Waals surface area contributed by atoms with E-state index in [0.29, 0.717) is 16.1 Å². The van der Waals surface area contributed by atoms with Crippen LogP contribution in [0.15, 0.2) is 76.4 Å². The Hall–Kier alpha value is -3.70. The number of aromatic nitrogens is 1. The van der Waals surface area contributed by atoms with E-state index in [9.17, 15) is 22.4 Å². The molecule has 8 nitrogen and oxygen atoms in total. The molecule has 1 heterocycles. The van der Waals surface area contributed by atoms with E-state index in [1.54, 1.807) is 22.8 Å². The van der Waals surface area contributed by atoms with Gasteiger partial charge in [0.25, 0.3) is 10.0 Å². The average molecular weight is 530 g/mol. The topological polar surface area (TPSA) is 97.7 Å². The first-order chi connectivity index (χ1) is 17.1. The molecule has 3 aromatic carbocycles. The highest BCUT2D eigenvalue weighted by molar-refractivity contribution is 7.92. The van der Waals surface area contributed by atoms with Gasteiger partial charge in [-0.15, -0.1) is 0 Å². The summed E-state index contributed by atoms with van der Waals surface area (Å²) in [5.41, 5.74) is 1.31. The standard InChI is InChI=1S/C25H24FN3O5S2/c1-16(2)29-22-13-6-18(14-23(22)35-25(29)31)27-24(30)15-28(19-7-4-17(26)5-8-19)36(32,33)21-11-9-20(34-3)10-12-21/h4-14,16H,15H2,1-3H3,(H,27,30). The predicted octanol–water partition coefficient (Wildman–Crippen LogP) is 4.63. The molecule has 0 fully saturated rings.